The quantitative estimate of drug-likeness (QED) is 0.801. The highest BCUT2D eigenvalue weighted by atomic mass is 19.1. The fourth-order valence-corrected chi connectivity index (χ4v) is 2.63. The van der Waals surface area contributed by atoms with Gasteiger partial charge >= 0.3 is 0 Å². The van der Waals surface area contributed by atoms with Gasteiger partial charge in [-0.2, -0.15) is 10.2 Å². The summed E-state index contributed by atoms with van der Waals surface area (Å²) < 4.78 is 16.5. The largest absolute Gasteiger partial charge is 0.319 e. The molecule has 1 amide bonds. The number of anilines is 1. The molecule has 0 bridgehead atoms. The topological polar surface area (TPSA) is 64.7 Å². The maximum Gasteiger partial charge on any atom is 0.259 e. The van der Waals surface area contributed by atoms with E-state index in [0.717, 1.165) is 11.3 Å². The molecule has 2 aromatic heterocycles. The van der Waals surface area contributed by atoms with Gasteiger partial charge in [0, 0.05) is 18.9 Å². The summed E-state index contributed by atoms with van der Waals surface area (Å²) in [6.45, 7) is 4.08. The van der Waals surface area contributed by atoms with E-state index in [0.29, 0.717) is 23.5 Å². The zero-order valence-electron chi connectivity index (χ0n) is 13.7. The molecule has 1 N–H and O–H groups in total. The van der Waals surface area contributed by atoms with Gasteiger partial charge in [0.05, 0.1) is 29.7 Å². The van der Waals surface area contributed by atoms with Crippen molar-refractivity contribution >= 4 is 11.6 Å². The van der Waals surface area contributed by atoms with E-state index in [1.54, 1.807) is 41.8 Å². The highest BCUT2D eigenvalue weighted by Gasteiger charge is 2.17. The van der Waals surface area contributed by atoms with Crippen LogP contribution in [0, 0.1) is 19.7 Å². The number of aryl methyl sites for hydroxylation is 2. The van der Waals surface area contributed by atoms with Crippen LogP contribution in [0.3, 0.4) is 0 Å². The zero-order chi connectivity index (χ0) is 17.3. The van der Waals surface area contributed by atoms with E-state index in [9.17, 15) is 9.18 Å². The minimum Gasteiger partial charge on any atom is -0.319 e. The molecule has 6 nitrogen and oxygen atoms in total. The molecule has 124 valence electrons. The number of aromatic nitrogens is 4. The van der Waals surface area contributed by atoms with Crippen LogP contribution < -0.4 is 5.32 Å². The third-order valence-electron chi connectivity index (χ3n) is 3.86. The Morgan fingerprint density at radius 2 is 2.12 bits per heavy atom. The second kappa shape index (κ2) is 6.27. The molecule has 7 heteroatoms. The van der Waals surface area contributed by atoms with Crippen LogP contribution in [0.25, 0.3) is 0 Å². The van der Waals surface area contributed by atoms with Gasteiger partial charge in [-0.1, -0.05) is 12.1 Å². The first kappa shape index (κ1) is 15.9. The van der Waals surface area contributed by atoms with Crippen molar-refractivity contribution in [3.05, 3.63) is 65.0 Å². The van der Waals surface area contributed by atoms with E-state index in [1.165, 1.54) is 12.1 Å². The predicted molar refractivity (Wildman–Crippen MR) is 88.4 cm³/mol. The van der Waals surface area contributed by atoms with Crippen LogP contribution in [0.5, 0.6) is 0 Å². The maximum atomic E-state index is 13.2. The summed E-state index contributed by atoms with van der Waals surface area (Å²) in [5.74, 6) is -0.501. The summed E-state index contributed by atoms with van der Waals surface area (Å²) in [5.41, 5.74) is 3.43. The van der Waals surface area contributed by atoms with E-state index in [2.05, 4.69) is 15.5 Å². The van der Waals surface area contributed by atoms with E-state index < -0.39 is 0 Å². The van der Waals surface area contributed by atoms with Crippen molar-refractivity contribution in [2.24, 2.45) is 7.05 Å². The van der Waals surface area contributed by atoms with Gasteiger partial charge in [0.2, 0.25) is 0 Å². The first-order valence-electron chi connectivity index (χ1n) is 7.52. The molecular weight excluding hydrogens is 309 g/mol. The van der Waals surface area contributed by atoms with Crippen molar-refractivity contribution in [2.75, 3.05) is 5.32 Å². The molecule has 2 heterocycles. The van der Waals surface area contributed by atoms with Crippen LogP contribution in [-0.2, 0) is 13.6 Å². The molecule has 3 rings (SSSR count). The maximum absolute atomic E-state index is 13.2. The lowest BCUT2D eigenvalue weighted by Gasteiger charge is -2.03. The van der Waals surface area contributed by atoms with Gasteiger partial charge in [-0.25, -0.2) is 4.39 Å². The Morgan fingerprint density at radius 3 is 2.79 bits per heavy atom. The van der Waals surface area contributed by atoms with Gasteiger partial charge in [-0.3, -0.25) is 14.2 Å². The molecule has 0 aliphatic rings. The second-order valence-corrected chi connectivity index (χ2v) is 5.68. The average molecular weight is 327 g/mol. The van der Waals surface area contributed by atoms with Crippen molar-refractivity contribution in [1.82, 2.24) is 19.6 Å². The Labute approximate surface area is 138 Å². The van der Waals surface area contributed by atoms with Gasteiger partial charge in [-0.05, 0) is 31.5 Å². The Bertz CT molecular complexity index is 896. The molecule has 0 radical (unpaired) electrons. The smallest absolute Gasteiger partial charge is 0.259 e. The Hall–Kier alpha value is -2.96. The first-order chi connectivity index (χ1) is 11.4. The normalized spacial score (nSPS) is 10.8. The number of benzene rings is 1. The van der Waals surface area contributed by atoms with Crippen molar-refractivity contribution in [3.8, 4) is 0 Å². The van der Waals surface area contributed by atoms with Crippen molar-refractivity contribution in [1.29, 1.82) is 0 Å². The number of hydrogen-bond acceptors (Lipinski definition) is 3. The van der Waals surface area contributed by atoms with Crippen LogP contribution in [0.4, 0.5) is 10.1 Å². The number of halogens is 1. The lowest BCUT2D eigenvalue weighted by atomic mass is 10.2. The monoisotopic (exact) mass is 327 g/mol. The summed E-state index contributed by atoms with van der Waals surface area (Å²) in [4.78, 5) is 12.4. The SMILES string of the molecule is Cc1nn(C)c(C)c1C(=O)Nc1cnn(Cc2cccc(F)c2)c1. The second-order valence-electron chi connectivity index (χ2n) is 5.68. The molecule has 0 aliphatic carbocycles. The van der Waals surface area contributed by atoms with Gasteiger partial charge in [0.15, 0.2) is 0 Å². The number of nitrogens with zero attached hydrogens (tertiary/aromatic N) is 4. The summed E-state index contributed by atoms with van der Waals surface area (Å²) in [5, 5.41) is 11.3. The number of nitrogens with one attached hydrogen (secondary N) is 1. The van der Waals surface area contributed by atoms with Crippen LogP contribution in [0.15, 0.2) is 36.7 Å². The van der Waals surface area contributed by atoms with Gasteiger partial charge < -0.3 is 5.32 Å². The molecule has 1 aromatic carbocycles. The highest BCUT2D eigenvalue weighted by Crippen LogP contribution is 2.15. The highest BCUT2D eigenvalue weighted by molar-refractivity contribution is 6.05. The molecular formula is C17H18FN5O. The third kappa shape index (κ3) is 3.19. The number of amides is 1. The van der Waals surface area contributed by atoms with E-state index in [-0.39, 0.29) is 11.7 Å². The zero-order valence-corrected chi connectivity index (χ0v) is 13.7. The number of hydrogen-bond donors (Lipinski definition) is 1. The lowest BCUT2D eigenvalue weighted by molar-refractivity contribution is 0.102. The Morgan fingerprint density at radius 1 is 1.33 bits per heavy atom. The van der Waals surface area contributed by atoms with E-state index >= 15 is 0 Å². The number of carbonyl (C=O) groups is 1. The Kier molecular flexibility index (Phi) is 4.16. The van der Waals surface area contributed by atoms with E-state index in [4.69, 9.17) is 0 Å². The average Bonchev–Trinajstić information content (AvgIpc) is 3.04. The Balaban J connectivity index is 1.73. The van der Waals surface area contributed by atoms with Crippen LogP contribution in [0.2, 0.25) is 0 Å². The molecule has 0 aliphatic heterocycles. The first-order valence-corrected chi connectivity index (χ1v) is 7.52. The van der Waals surface area contributed by atoms with Gasteiger partial charge in [-0.15, -0.1) is 0 Å². The fraction of sp³-hybridized carbons (Fsp3) is 0.235. The van der Waals surface area contributed by atoms with Crippen molar-refractivity contribution in [3.63, 3.8) is 0 Å². The summed E-state index contributed by atoms with van der Waals surface area (Å²) in [7, 11) is 1.80. The van der Waals surface area contributed by atoms with Crippen molar-refractivity contribution < 1.29 is 9.18 Å². The summed E-state index contributed by atoms with van der Waals surface area (Å²) >= 11 is 0. The van der Waals surface area contributed by atoms with Crippen LogP contribution >= 0.6 is 0 Å². The standard InChI is InChI=1S/C17H18FN5O/c1-11-16(12(2)22(3)21-11)17(24)20-15-8-19-23(10-15)9-13-5-4-6-14(18)7-13/h4-8,10H,9H2,1-3H3,(H,20,24). The minimum atomic E-state index is -0.282. The number of rotatable bonds is 4. The van der Waals surface area contributed by atoms with E-state index in [1.807, 2.05) is 13.0 Å². The third-order valence-corrected chi connectivity index (χ3v) is 3.86. The predicted octanol–water partition coefficient (Wildman–Crippen LogP) is 2.67. The molecule has 24 heavy (non-hydrogen) atoms. The minimum absolute atomic E-state index is 0.219. The van der Waals surface area contributed by atoms with Crippen LogP contribution in [-0.4, -0.2) is 25.5 Å². The fourth-order valence-electron chi connectivity index (χ4n) is 2.63. The van der Waals surface area contributed by atoms with Gasteiger partial charge in [0.1, 0.15) is 5.82 Å². The molecule has 0 saturated heterocycles. The van der Waals surface area contributed by atoms with Gasteiger partial charge in [0.25, 0.3) is 5.91 Å². The molecule has 0 saturated carbocycles. The molecule has 0 fully saturated rings. The van der Waals surface area contributed by atoms with Crippen molar-refractivity contribution in [2.45, 2.75) is 20.4 Å². The molecule has 0 unspecified atom stereocenters. The number of carbonyl (C=O) groups excluding carboxylic acids is 1. The lowest BCUT2D eigenvalue weighted by Crippen LogP contribution is -2.13. The molecule has 3 aromatic rings. The molecule has 0 atom stereocenters. The van der Waals surface area contributed by atoms with Crippen LogP contribution in [0.1, 0.15) is 27.3 Å². The summed E-state index contributed by atoms with van der Waals surface area (Å²) in [6.07, 6.45) is 3.28. The summed E-state index contributed by atoms with van der Waals surface area (Å²) in [6, 6.07) is 6.34. The molecule has 0 spiro atoms.